The highest BCUT2D eigenvalue weighted by Gasteiger charge is 2.43. The third-order valence-corrected chi connectivity index (χ3v) is 6.43. The molecular weight excluding hydrogens is 436 g/mol. The van der Waals surface area contributed by atoms with Gasteiger partial charge in [-0.05, 0) is 68.7 Å². The van der Waals surface area contributed by atoms with Crippen molar-refractivity contribution in [3.8, 4) is 0 Å². The molecule has 0 atom stereocenters. The summed E-state index contributed by atoms with van der Waals surface area (Å²) in [6, 6.07) is 1.49. The van der Waals surface area contributed by atoms with E-state index in [-0.39, 0.29) is 16.8 Å². The first-order chi connectivity index (χ1) is 15.7. The highest BCUT2D eigenvalue weighted by atomic mass is 28.1. The van der Waals surface area contributed by atoms with E-state index in [1.54, 1.807) is 0 Å². The standard InChI is InChI=1S/C30H64O3Si/c1-27(2,3)31-30(32-28(4,5)6,33-29(7,8)9)25-23-21-19-17-15-13-11-10-12-14-16-18-20-22-24-26-34/h10-26H2,1-9,34H3. The van der Waals surface area contributed by atoms with E-state index in [1.807, 2.05) is 0 Å². The van der Waals surface area contributed by atoms with Gasteiger partial charge < -0.3 is 14.2 Å². The van der Waals surface area contributed by atoms with Crippen LogP contribution in [0.2, 0.25) is 6.04 Å². The normalized spacial score (nSPS) is 13.7. The molecule has 0 aromatic heterocycles. The Morgan fingerprint density at radius 3 is 0.853 bits per heavy atom. The number of rotatable bonds is 20. The van der Waals surface area contributed by atoms with E-state index < -0.39 is 5.97 Å². The van der Waals surface area contributed by atoms with Gasteiger partial charge in [0.2, 0.25) is 0 Å². The van der Waals surface area contributed by atoms with Crippen LogP contribution in [0, 0.1) is 0 Å². The fourth-order valence-electron chi connectivity index (χ4n) is 4.50. The predicted molar refractivity (Wildman–Crippen MR) is 154 cm³/mol. The highest BCUT2D eigenvalue weighted by molar-refractivity contribution is 6.08. The first-order valence-corrected chi connectivity index (χ1v) is 16.2. The van der Waals surface area contributed by atoms with Gasteiger partial charge in [-0.3, -0.25) is 0 Å². The minimum absolute atomic E-state index is 0.340. The topological polar surface area (TPSA) is 27.7 Å². The number of hydrogen-bond acceptors (Lipinski definition) is 3. The lowest BCUT2D eigenvalue weighted by Gasteiger charge is -2.45. The Hall–Kier alpha value is 0.0969. The van der Waals surface area contributed by atoms with Gasteiger partial charge in [-0.15, -0.1) is 0 Å². The van der Waals surface area contributed by atoms with Crippen molar-refractivity contribution in [2.45, 2.75) is 194 Å². The van der Waals surface area contributed by atoms with Gasteiger partial charge in [0.25, 0.3) is 5.97 Å². The first-order valence-electron chi connectivity index (χ1n) is 14.8. The van der Waals surface area contributed by atoms with Gasteiger partial charge >= 0.3 is 0 Å². The number of ether oxygens (including phenoxy) is 3. The van der Waals surface area contributed by atoms with Crippen molar-refractivity contribution in [3.63, 3.8) is 0 Å². The molecule has 3 nitrogen and oxygen atoms in total. The van der Waals surface area contributed by atoms with Crippen LogP contribution in [-0.4, -0.2) is 33.0 Å². The van der Waals surface area contributed by atoms with Gasteiger partial charge in [-0.2, -0.15) is 0 Å². The fraction of sp³-hybridized carbons (Fsp3) is 1.00. The fourth-order valence-corrected chi connectivity index (χ4v) is 5.00. The van der Waals surface area contributed by atoms with Gasteiger partial charge in [0.1, 0.15) is 0 Å². The smallest absolute Gasteiger partial charge is 0.284 e. The van der Waals surface area contributed by atoms with E-state index in [2.05, 4.69) is 62.3 Å². The van der Waals surface area contributed by atoms with Crippen molar-refractivity contribution in [3.05, 3.63) is 0 Å². The van der Waals surface area contributed by atoms with Crippen molar-refractivity contribution in [1.82, 2.24) is 0 Å². The Morgan fingerprint density at radius 2 is 0.618 bits per heavy atom. The van der Waals surface area contributed by atoms with Gasteiger partial charge in [-0.25, -0.2) is 0 Å². The Kier molecular flexibility index (Phi) is 17.6. The molecule has 0 unspecified atom stereocenters. The maximum atomic E-state index is 6.46. The average Bonchev–Trinajstić information content (AvgIpc) is 2.63. The predicted octanol–water partition coefficient (Wildman–Crippen LogP) is 9.11. The molecule has 0 fully saturated rings. The molecule has 34 heavy (non-hydrogen) atoms. The van der Waals surface area contributed by atoms with Crippen molar-refractivity contribution in [2.75, 3.05) is 0 Å². The first kappa shape index (κ1) is 34.1. The summed E-state index contributed by atoms with van der Waals surface area (Å²) in [5.41, 5.74) is -1.02. The summed E-state index contributed by atoms with van der Waals surface area (Å²) in [6.07, 6.45) is 21.5. The summed E-state index contributed by atoms with van der Waals surface area (Å²) >= 11 is 0. The monoisotopic (exact) mass is 500 g/mol. The van der Waals surface area contributed by atoms with E-state index in [9.17, 15) is 0 Å². The van der Waals surface area contributed by atoms with Crippen LogP contribution in [0.5, 0.6) is 0 Å². The zero-order chi connectivity index (χ0) is 26.1. The van der Waals surface area contributed by atoms with Gasteiger partial charge in [0.15, 0.2) is 0 Å². The molecule has 0 radical (unpaired) electrons. The minimum Gasteiger partial charge on any atom is -0.322 e. The van der Waals surface area contributed by atoms with E-state index in [1.165, 1.54) is 106 Å². The van der Waals surface area contributed by atoms with Crippen molar-refractivity contribution in [2.24, 2.45) is 0 Å². The Morgan fingerprint density at radius 1 is 0.382 bits per heavy atom. The Bertz CT molecular complexity index is 430. The maximum absolute atomic E-state index is 6.46. The van der Waals surface area contributed by atoms with Crippen LogP contribution in [0.3, 0.4) is 0 Å². The minimum atomic E-state index is -1.01. The summed E-state index contributed by atoms with van der Waals surface area (Å²) in [5.74, 6) is -1.01. The molecule has 0 spiro atoms. The summed E-state index contributed by atoms with van der Waals surface area (Å²) < 4.78 is 19.4. The van der Waals surface area contributed by atoms with E-state index in [0.717, 1.165) is 12.8 Å². The van der Waals surface area contributed by atoms with Crippen LogP contribution < -0.4 is 0 Å². The summed E-state index contributed by atoms with van der Waals surface area (Å²) in [4.78, 5) is 0. The van der Waals surface area contributed by atoms with Gasteiger partial charge in [0.05, 0.1) is 16.8 Å². The van der Waals surface area contributed by atoms with Gasteiger partial charge in [0, 0.05) is 16.7 Å². The van der Waals surface area contributed by atoms with Gasteiger partial charge in [-0.1, -0.05) is 95.9 Å². The molecular formula is C30H64O3Si. The lowest BCUT2D eigenvalue weighted by molar-refractivity contribution is -0.449. The largest absolute Gasteiger partial charge is 0.322 e. The SMILES string of the molecule is CC(C)(C)OC(CCCCCCCCCCCCCCCCC[SiH3])(OC(C)(C)C)OC(C)(C)C. The van der Waals surface area contributed by atoms with Crippen LogP contribution in [0.4, 0.5) is 0 Å². The lowest BCUT2D eigenvalue weighted by atomic mass is 10.0. The van der Waals surface area contributed by atoms with Crippen molar-refractivity contribution >= 4 is 10.2 Å². The van der Waals surface area contributed by atoms with E-state index in [0.29, 0.717) is 0 Å². The summed E-state index contributed by atoms with van der Waals surface area (Å²) in [6.45, 7) is 18.7. The molecule has 0 bridgehead atoms. The molecule has 0 rings (SSSR count). The zero-order valence-corrected chi connectivity index (χ0v) is 27.2. The average molecular weight is 501 g/mol. The quantitative estimate of drug-likeness (QED) is 0.0947. The molecule has 206 valence electrons. The van der Waals surface area contributed by atoms with E-state index in [4.69, 9.17) is 14.2 Å². The third kappa shape index (κ3) is 22.6. The molecule has 0 aromatic rings. The highest BCUT2D eigenvalue weighted by Crippen LogP contribution is 2.36. The van der Waals surface area contributed by atoms with E-state index >= 15 is 0 Å². The second-order valence-corrected chi connectivity index (χ2v) is 14.4. The maximum Gasteiger partial charge on any atom is 0.284 e. The summed E-state index contributed by atoms with van der Waals surface area (Å²) in [5, 5.41) is 0. The molecule has 0 aromatic carbocycles. The van der Waals surface area contributed by atoms with Crippen LogP contribution >= 0.6 is 0 Å². The van der Waals surface area contributed by atoms with Crippen molar-refractivity contribution < 1.29 is 14.2 Å². The van der Waals surface area contributed by atoms with Crippen LogP contribution in [0.1, 0.15) is 165 Å². The summed E-state index contributed by atoms with van der Waals surface area (Å²) in [7, 11) is 1.39. The molecule has 4 heteroatoms. The second kappa shape index (κ2) is 17.5. The van der Waals surface area contributed by atoms with Crippen molar-refractivity contribution in [1.29, 1.82) is 0 Å². The lowest BCUT2D eigenvalue weighted by Crippen LogP contribution is -2.52. The molecule has 0 aliphatic heterocycles. The van der Waals surface area contributed by atoms with Crippen LogP contribution in [0.15, 0.2) is 0 Å². The third-order valence-electron chi connectivity index (χ3n) is 5.72. The molecule has 0 heterocycles. The molecule has 0 amide bonds. The number of hydrogen-bond donors (Lipinski definition) is 0. The molecule has 0 aliphatic rings. The Labute approximate surface area is 218 Å². The molecule has 0 N–H and O–H groups in total. The van der Waals surface area contributed by atoms with Crippen LogP contribution in [-0.2, 0) is 14.2 Å². The number of unbranched alkanes of at least 4 members (excludes halogenated alkanes) is 14. The Balaban J connectivity index is 4.16. The molecule has 0 saturated heterocycles. The second-order valence-electron chi connectivity index (χ2n) is 13.4. The molecule has 0 saturated carbocycles. The molecule has 0 aliphatic carbocycles. The zero-order valence-electron chi connectivity index (χ0n) is 25.2. The van der Waals surface area contributed by atoms with Crippen LogP contribution in [0.25, 0.3) is 0 Å².